The van der Waals surface area contributed by atoms with Crippen LogP contribution in [-0.2, 0) is 11.2 Å². The zero-order chi connectivity index (χ0) is 22.1. The van der Waals surface area contributed by atoms with Crippen LogP contribution in [0, 0.1) is 17.3 Å². The van der Waals surface area contributed by atoms with E-state index in [1.807, 2.05) is 36.7 Å². The summed E-state index contributed by atoms with van der Waals surface area (Å²) in [5.74, 6) is 1.42. The molecule has 1 saturated heterocycles. The van der Waals surface area contributed by atoms with Crippen molar-refractivity contribution in [2.45, 2.75) is 44.1 Å². The Morgan fingerprint density at radius 1 is 1.25 bits per heavy atom. The van der Waals surface area contributed by atoms with Gasteiger partial charge < -0.3 is 4.74 Å². The standard InChI is InChI=1S/C27H30N2O2S/c1-18-17-31-12-11-27(18)15-21(27)8-9-25(30)24-14-20(22-5-3-4-6-23(22)29-24)13-19-7-10-26(32-2)28-16-19/h3-7,10,14,16,18,21H,8-9,11-13,15,17H2,1-2H3/t18-,21-,27-/m0/s1. The number of nitrogens with zero attached hydrogens (tertiary/aromatic N) is 2. The molecule has 1 aliphatic heterocycles. The summed E-state index contributed by atoms with van der Waals surface area (Å²) < 4.78 is 5.63. The van der Waals surface area contributed by atoms with Gasteiger partial charge in [-0.15, -0.1) is 11.8 Å². The summed E-state index contributed by atoms with van der Waals surface area (Å²) in [5.41, 5.74) is 4.20. The molecule has 0 unspecified atom stereocenters. The summed E-state index contributed by atoms with van der Waals surface area (Å²) in [6, 6.07) is 14.3. The van der Waals surface area contributed by atoms with Crippen LogP contribution < -0.4 is 0 Å². The van der Waals surface area contributed by atoms with Gasteiger partial charge in [0.1, 0.15) is 5.69 Å². The van der Waals surface area contributed by atoms with Crippen molar-refractivity contribution in [2.75, 3.05) is 19.5 Å². The molecular formula is C27H30N2O2S. The molecular weight excluding hydrogens is 416 g/mol. The molecule has 5 rings (SSSR count). The van der Waals surface area contributed by atoms with E-state index in [0.717, 1.165) is 59.5 Å². The van der Waals surface area contributed by atoms with Crippen LogP contribution >= 0.6 is 11.8 Å². The maximum Gasteiger partial charge on any atom is 0.181 e. The van der Waals surface area contributed by atoms with Crippen molar-refractivity contribution in [3.05, 3.63) is 65.5 Å². The largest absolute Gasteiger partial charge is 0.381 e. The third-order valence-corrected chi connectivity index (χ3v) is 8.21. The summed E-state index contributed by atoms with van der Waals surface area (Å²) in [5, 5.41) is 2.12. The molecule has 1 spiro atoms. The number of ketones is 1. The molecule has 3 heterocycles. The van der Waals surface area contributed by atoms with Gasteiger partial charge in [-0.25, -0.2) is 9.97 Å². The topological polar surface area (TPSA) is 52.1 Å². The molecule has 2 aromatic heterocycles. The number of rotatable bonds is 7. The van der Waals surface area contributed by atoms with Crippen molar-refractivity contribution in [3.63, 3.8) is 0 Å². The highest BCUT2D eigenvalue weighted by Crippen LogP contribution is 2.63. The second kappa shape index (κ2) is 8.95. The van der Waals surface area contributed by atoms with Crippen LogP contribution in [0.2, 0.25) is 0 Å². The molecule has 2 aliphatic rings. The first-order chi connectivity index (χ1) is 15.6. The lowest BCUT2D eigenvalue weighted by molar-refractivity contribution is 0.00649. The quantitative estimate of drug-likeness (QED) is 0.331. The van der Waals surface area contributed by atoms with Crippen LogP contribution in [0.25, 0.3) is 10.9 Å². The minimum Gasteiger partial charge on any atom is -0.381 e. The molecule has 4 nitrogen and oxygen atoms in total. The summed E-state index contributed by atoms with van der Waals surface area (Å²) in [6.45, 7) is 4.04. The van der Waals surface area contributed by atoms with Crippen LogP contribution in [0.4, 0.5) is 0 Å². The third-order valence-electron chi connectivity index (χ3n) is 7.55. The van der Waals surface area contributed by atoms with Crippen molar-refractivity contribution in [1.29, 1.82) is 0 Å². The number of ether oxygens (including phenoxy) is 1. The smallest absolute Gasteiger partial charge is 0.181 e. The van der Waals surface area contributed by atoms with Crippen molar-refractivity contribution in [2.24, 2.45) is 17.3 Å². The highest BCUT2D eigenvalue weighted by Gasteiger charge is 2.57. The van der Waals surface area contributed by atoms with Crippen LogP contribution in [0.3, 0.4) is 0 Å². The first-order valence-electron chi connectivity index (χ1n) is 11.6. The number of hydrogen-bond acceptors (Lipinski definition) is 5. The summed E-state index contributed by atoms with van der Waals surface area (Å²) >= 11 is 1.64. The summed E-state index contributed by atoms with van der Waals surface area (Å²) in [7, 11) is 0. The van der Waals surface area contributed by atoms with Gasteiger partial charge in [0.2, 0.25) is 0 Å². The molecule has 0 bridgehead atoms. The Kier molecular flexibility index (Phi) is 6.04. The Bertz CT molecular complexity index is 1130. The van der Waals surface area contributed by atoms with E-state index < -0.39 is 0 Å². The number of benzene rings is 1. The molecule has 3 atom stereocenters. The maximum atomic E-state index is 13.2. The van der Waals surface area contributed by atoms with Crippen LogP contribution in [-0.4, -0.2) is 35.2 Å². The van der Waals surface area contributed by atoms with Crippen molar-refractivity contribution in [3.8, 4) is 0 Å². The number of hydrogen-bond donors (Lipinski definition) is 0. The third kappa shape index (κ3) is 4.20. The molecule has 1 aromatic carbocycles. The number of fused-ring (bicyclic) bond motifs is 1. The Balaban J connectivity index is 1.34. The molecule has 1 saturated carbocycles. The number of Topliss-reactive ketones (excluding diaryl/α,β-unsaturated/α-hetero) is 1. The second-order valence-electron chi connectivity index (χ2n) is 9.39. The van der Waals surface area contributed by atoms with Crippen molar-refractivity contribution >= 4 is 28.4 Å². The zero-order valence-corrected chi connectivity index (χ0v) is 19.7. The Morgan fingerprint density at radius 2 is 2.12 bits per heavy atom. The van der Waals surface area contributed by atoms with E-state index in [-0.39, 0.29) is 5.78 Å². The minimum atomic E-state index is 0.162. The number of thioether (sulfide) groups is 1. The van der Waals surface area contributed by atoms with E-state index in [9.17, 15) is 4.79 Å². The maximum absolute atomic E-state index is 13.2. The van der Waals surface area contributed by atoms with Crippen LogP contribution in [0.5, 0.6) is 0 Å². The monoisotopic (exact) mass is 446 g/mol. The van der Waals surface area contributed by atoms with E-state index in [2.05, 4.69) is 30.1 Å². The first-order valence-corrected chi connectivity index (χ1v) is 12.8. The van der Waals surface area contributed by atoms with Gasteiger partial charge in [-0.3, -0.25) is 4.79 Å². The fourth-order valence-corrected chi connectivity index (χ4v) is 5.82. The lowest BCUT2D eigenvalue weighted by Crippen LogP contribution is -2.28. The molecule has 3 aromatic rings. The van der Waals surface area contributed by atoms with Crippen molar-refractivity contribution in [1.82, 2.24) is 9.97 Å². The number of pyridine rings is 2. The highest BCUT2D eigenvalue weighted by atomic mass is 32.2. The lowest BCUT2D eigenvalue weighted by atomic mass is 9.83. The summed E-state index contributed by atoms with van der Waals surface area (Å²) in [4.78, 5) is 22.4. The number of aromatic nitrogens is 2. The predicted molar refractivity (Wildman–Crippen MR) is 129 cm³/mol. The van der Waals surface area contributed by atoms with Gasteiger partial charge in [-0.1, -0.05) is 31.2 Å². The number of carbonyl (C=O) groups excluding carboxylic acids is 1. The van der Waals surface area contributed by atoms with Crippen LogP contribution in [0.15, 0.2) is 53.7 Å². The number of carbonyl (C=O) groups is 1. The molecule has 32 heavy (non-hydrogen) atoms. The number of para-hydroxylation sites is 1. The van der Waals surface area contributed by atoms with Gasteiger partial charge in [0.25, 0.3) is 0 Å². The van der Waals surface area contributed by atoms with E-state index in [0.29, 0.717) is 29.4 Å². The minimum absolute atomic E-state index is 0.162. The molecule has 2 fully saturated rings. The highest BCUT2D eigenvalue weighted by molar-refractivity contribution is 7.98. The Morgan fingerprint density at radius 3 is 2.91 bits per heavy atom. The first kappa shape index (κ1) is 21.6. The fourth-order valence-electron chi connectivity index (χ4n) is 5.46. The van der Waals surface area contributed by atoms with E-state index in [4.69, 9.17) is 9.72 Å². The Labute approximate surface area is 194 Å². The molecule has 0 amide bonds. The Hall–Kier alpha value is -2.24. The zero-order valence-electron chi connectivity index (χ0n) is 18.8. The molecule has 1 aliphatic carbocycles. The van der Waals surface area contributed by atoms with Gasteiger partial charge in [0.05, 0.1) is 10.5 Å². The predicted octanol–water partition coefficient (Wildman–Crippen LogP) is 5.97. The van der Waals surface area contributed by atoms with E-state index in [1.54, 1.807) is 11.8 Å². The normalized spacial score (nSPS) is 24.7. The second-order valence-corrected chi connectivity index (χ2v) is 10.2. The molecule has 0 N–H and O–H groups in total. The van der Waals surface area contributed by atoms with Gasteiger partial charge in [-0.05, 0) is 78.5 Å². The molecule has 5 heteroatoms. The van der Waals surface area contributed by atoms with Gasteiger partial charge in [0, 0.05) is 31.2 Å². The average molecular weight is 447 g/mol. The van der Waals surface area contributed by atoms with Gasteiger partial charge in [-0.2, -0.15) is 0 Å². The summed E-state index contributed by atoms with van der Waals surface area (Å²) in [6.07, 6.45) is 8.65. The van der Waals surface area contributed by atoms with E-state index in [1.165, 1.54) is 6.42 Å². The van der Waals surface area contributed by atoms with Crippen molar-refractivity contribution < 1.29 is 9.53 Å². The lowest BCUT2D eigenvalue weighted by Gasteiger charge is -2.30. The average Bonchev–Trinajstić information content (AvgIpc) is 3.53. The van der Waals surface area contributed by atoms with Gasteiger partial charge >= 0.3 is 0 Å². The fraction of sp³-hybridized carbons (Fsp3) is 0.444. The molecule has 166 valence electrons. The molecule has 0 radical (unpaired) electrons. The SMILES string of the molecule is CSc1ccc(Cc2cc(C(=O)CC[C@H]3C[C@]34CCOC[C@@H]4C)nc3ccccc23)cn1. The van der Waals surface area contributed by atoms with E-state index >= 15 is 0 Å². The van der Waals surface area contributed by atoms with Crippen LogP contribution in [0.1, 0.15) is 54.2 Å². The van der Waals surface area contributed by atoms with Gasteiger partial charge in [0.15, 0.2) is 5.78 Å².